The highest BCUT2D eigenvalue weighted by Gasteiger charge is 2.32. The molecule has 3 saturated carbocycles. The first kappa shape index (κ1) is 24.5. The Kier molecular flexibility index (Phi) is 6.55. The molecule has 1 aromatic heterocycles. The lowest BCUT2D eigenvalue weighted by atomic mass is 9.92. The average molecular weight is 514 g/mol. The van der Waals surface area contributed by atoms with Crippen molar-refractivity contribution in [3.63, 3.8) is 0 Å². The highest BCUT2D eigenvalue weighted by atomic mass is 16.5. The lowest BCUT2D eigenvalue weighted by molar-refractivity contribution is -0.118. The number of hydrogen-bond acceptors (Lipinski definition) is 3. The van der Waals surface area contributed by atoms with Crippen LogP contribution in [0.3, 0.4) is 0 Å². The number of amidine groups is 1. The van der Waals surface area contributed by atoms with E-state index < -0.39 is 0 Å². The van der Waals surface area contributed by atoms with Gasteiger partial charge in [-0.3, -0.25) is 4.79 Å². The predicted molar refractivity (Wildman–Crippen MR) is 150 cm³/mol. The number of hydrogen-bond donors (Lipinski definition) is 3. The van der Waals surface area contributed by atoms with Gasteiger partial charge in [-0.1, -0.05) is 12.1 Å². The summed E-state index contributed by atoms with van der Waals surface area (Å²) in [7, 11) is 0. The summed E-state index contributed by atoms with van der Waals surface area (Å²) in [5, 5.41) is 6.91. The summed E-state index contributed by atoms with van der Waals surface area (Å²) >= 11 is 0. The van der Waals surface area contributed by atoms with E-state index in [-0.39, 0.29) is 29.7 Å². The number of nitrogens with zero attached hydrogens (tertiary/aromatic N) is 2. The van der Waals surface area contributed by atoms with Gasteiger partial charge in [-0.05, 0) is 88.1 Å². The number of amides is 3. The van der Waals surface area contributed by atoms with Gasteiger partial charge in [0.15, 0.2) is 0 Å². The lowest BCUT2D eigenvalue weighted by Gasteiger charge is -2.30. The third-order valence-electron chi connectivity index (χ3n) is 8.00. The molecule has 1 heterocycles. The highest BCUT2D eigenvalue weighted by molar-refractivity contribution is 6.17. The maximum absolute atomic E-state index is 12.6. The first-order chi connectivity index (χ1) is 18.5. The van der Waals surface area contributed by atoms with Crippen molar-refractivity contribution in [2.24, 2.45) is 16.6 Å². The third kappa shape index (κ3) is 4.75. The van der Waals surface area contributed by atoms with E-state index in [1.165, 1.54) is 12.8 Å². The number of nitrogens with two attached hydrogens (primary N) is 1. The number of aliphatic imine (C=N–C) groups is 1. The topological polar surface area (TPSA) is 111 Å². The molecule has 3 aliphatic carbocycles. The van der Waals surface area contributed by atoms with Crippen LogP contribution in [0.4, 0.5) is 10.5 Å². The highest BCUT2D eigenvalue weighted by Crippen LogP contribution is 2.44. The van der Waals surface area contributed by atoms with E-state index in [0.29, 0.717) is 12.6 Å². The van der Waals surface area contributed by atoms with Crippen molar-refractivity contribution >= 4 is 34.4 Å². The molecule has 3 fully saturated rings. The summed E-state index contributed by atoms with van der Waals surface area (Å²) < 4.78 is 8.19. The number of fused-ring (bicyclic) bond motifs is 1. The summed E-state index contributed by atoms with van der Waals surface area (Å²) in [6, 6.07) is 14.3. The van der Waals surface area contributed by atoms with Crippen LogP contribution in [-0.2, 0) is 4.79 Å². The number of rotatable bonds is 8. The van der Waals surface area contributed by atoms with Crippen molar-refractivity contribution in [3.05, 3.63) is 48.0 Å². The number of aromatic nitrogens is 1. The summed E-state index contributed by atoms with van der Waals surface area (Å²) in [5.74, 6) is 0.919. The van der Waals surface area contributed by atoms with Gasteiger partial charge in [0.05, 0.1) is 23.4 Å². The van der Waals surface area contributed by atoms with Crippen LogP contribution in [0.2, 0.25) is 0 Å². The Hall–Kier alpha value is -3.81. The van der Waals surface area contributed by atoms with Crippen LogP contribution in [0.25, 0.3) is 22.2 Å². The van der Waals surface area contributed by atoms with E-state index in [1.807, 2.05) is 43.3 Å². The van der Waals surface area contributed by atoms with Crippen LogP contribution < -0.4 is 21.1 Å². The van der Waals surface area contributed by atoms with Crippen LogP contribution in [0.1, 0.15) is 69.9 Å². The average Bonchev–Trinajstić information content (AvgIpc) is 3.65. The van der Waals surface area contributed by atoms with Gasteiger partial charge in [0.1, 0.15) is 11.6 Å². The summed E-state index contributed by atoms with van der Waals surface area (Å²) in [6.07, 6.45) is 8.34. The van der Waals surface area contributed by atoms with E-state index in [0.717, 1.165) is 77.7 Å². The number of benzene rings is 2. The molecule has 6 rings (SSSR count). The fourth-order valence-electron chi connectivity index (χ4n) is 5.33. The van der Waals surface area contributed by atoms with Crippen molar-refractivity contribution in [1.29, 1.82) is 0 Å². The molecule has 2 aromatic carbocycles. The Labute approximate surface area is 222 Å². The molecule has 0 radical (unpaired) electrons. The molecule has 0 aliphatic heterocycles. The Morgan fingerprint density at radius 3 is 2.37 bits per heavy atom. The Bertz CT molecular complexity index is 1400. The number of ether oxygens (including phenoxy) is 1. The monoisotopic (exact) mass is 513 g/mol. The maximum atomic E-state index is 12.6. The molecule has 8 nitrogen and oxygen atoms in total. The minimum absolute atomic E-state index is 0.00187. The van der Waals surface area contributed by atoms with E-state index in [4.69, 9.17) is 10.5 Å². The molecule has 198 valence electrons. The second-order valence-electron chi connectivity index (χ2n) is 10.7. The van der Waals surface area contributed by atoms with Gasteiger partial charge in [0.25, 0.3) is 5.91 Å². The van der Waals surface area contributed by atoms with Crippen molar-refractivity contribution < 1.29 is 14.3 Å². The smallest absolute Gasteiger partial charge is 0.319 e. The number of nitrogens with one attached hydrogen (secondary N) is 2. The number of anilines is 1. The minimum atomic E-state index is -0.176. The van der Waals surface area contributed by atoms with Gasteiger partial charge in [-0.15, -0.1) is 0 Å². The van der Waals surface area contributed by atoms with Crippen LogP contribution in [0, 0.1) is 5.92 Å². The van der Waals surface area contributed by atoms with Crippen molar-refractivity contribution in [2.45, 2.75) is 70.4 Å². The van der Waals surface area contributed by atoms with Gasteiger partial charge >= 0.3 is 6.03 Å². The SMILES string of the molecule is CCOc1ccc2c(C(N)=NC(=O)C3CC3)c(-c3ccc(NC(=O)NC4CCC4)cc3)n(C3CCC3)c2c1. The molecule has 38 heavy (non-hydrogen) atoms. The van der Waals surface area contributed by atoms with E-state index in [2.05, 4.69) is 26.3 Å². The molecule has 3 aromatic rings. The quantitative estimate of drug-likeness (QED) is 0.263. The van der Waals surface area contributed by atoms with E-state index in [9.17, 15) is 9.59 Å². The number of carbonyl (C=O) groups is 2. The van der Waals surface area contributed by atoms with Crippen LogP contribution in [-0.4, -0.2) is 35.0 Å². The standard InChI is InChI=1S/C30H35N5O3/c1-2-38-23-15-16-24-25(17-23)35(22-7-4-8-22)27(26(24)28(31)34-29(36)19-9-10-19)18-11-13-21(14-12-18)33-30(37)32-20-5-3-6-20/h11-17,19-20,22H,2-10H2,1H3,(H2,31,34,36)(H2,32,33,37). The molecule has 0 bridgehead atoms. The zero-order valence-corrected chi connectivity index (χ0v) is 21.8. The fourth-order valence-corrected chi connectivity index (χ4v) is 5.33. The number of carbonyl (C=O) groups excluding carboxylic acids is 2. The van der Waals surface area contributed by atoms with Gasteiger partial charge in [-0.2, -0.15) is 4.99 Å². The zero-order valence-electron chi connectivity index (χ0n) is 21.8. The summed E-state index contributed by atoms with van der Waals surface area (Å²) in [6.45, 7) is 2.56. The largest absolute Gasteiger partial charge is 0.494 e. The second kappa shape index (κ2) is 10.2. The van der Waals surface area contributed by atoms with Crippen LogP contribution in [0.15, 0.2) is 47.5 Å². The molecule has 0 atom stereocenters. The van der Waals surface area contributed by atoms with Crippen molar-refractivity contribution in [3.8, 4) is 17.0 Å². The van der Waals surface area contributed by atoms with Crippen molar-refractivity contribution in [2.75, 3.05) is 11.9 Å². The Morgan fingerprint density at radius 1 is 1.03 bits per heavy atom. The predicted octanol–water partition coefficient (Wildman–Crippen LogP) is 5.75. The number of urea groups is 1. The molecule has 3 amide bonds. The first-order valence-electron chi connectivity index (χ1n) is 13.9. The Morgan fingerprint density at radius 2 is 1.76 bits per heavy atom. The van der Waals surface area contributed by atoms with Crippen molar-refractivity contribution in [1.82, 2.24) is 9.88 Å². The minimum Gasteiger partial charge on any atom is -0.494 e. The fraction of sp³-hybridized carbons (Fsp3) is 0.433. The maximum Gasteiger partial charge on any atom is 0.319 e. The normalized spacial score (nSPS) is 18.1. The van der Waals surface area contributed by atoms with Gasteiger partial charge in [0, 0.05) is 35.1 Å². The summed E-state index contributed by atoms with van der Waals surface area (Å²) in [4.78, 5) is 29.4. The molecule has 0 saturated heterocycles. The molecule has 4 N–H and O–H groups in total. The summed E-state index contributed by atoms with van der Waals surface area (Å²) in [5.41, 5.74) is 11.1. The third-order valence-corrected chi connectivity index (χ3v) is 8.00. The second-order valence-corrected chi connectivity index (χ2v) is 10.7. The first-order valence-corrected chi connectivity index (χ1v) is 13.9. The van der Waals surface area contributed by atoms with E-state index in [1.54, 1.807) is 0 Å². The molecule has 0 spiro atoms. The molecule has 8 heteroatoms. The van der Waals surface area contributed by atoms with Crippen LogP contribution in [0.5, 0.6) is 5.75 Å². The Balaban J connectivity index is 1.43. The lowest BCUT2D eigenvalue weighted by Crippen LogP contribution is -2.41. The van der Waals surface area contributed by atoms with Gasteiger partial charge in [-0.25, -0.2) is 4.79 Å². The molecular weight excluding hydrogens is 478 g/mol. The van der Waals surface area contributed by atoms with Gasteiger partial charge < -0.3 is 25.7 Å². The van der Waals surface area contributed by atoms with Crippen LogP contribution >= 0.6 is 0 Å². The van der Waals surface area contributed by atoms with E-state index >= 15 is 0 Å². The molecule has 3 aliphatic rings. The zero-order chi connectivity index (χ0) is 26.2. The molecular formula is C30H35N5O3. The van der Waals surface area contributed by atoms with Gasteiger partial charge in [0.2, 0.25) is 0 Å². The molecule has 0 unspecified atom stereocenters.